The number of hydrogen-bond donors (Lipinski definition) is 0. The molecule has 3 heterocycles. The summed E-state index contributed by atoms with van der Waals surface area (Å²) >= 11 is 0. The lowest BCUT2D eigenvalue weighted by atomic mass is 10.2. The predicted octanol–water partition coefficient (Wildman–Crippen LogP) is 1.24. The molecule has 1 aliphatic rings. The molecule has 0 N–H and O–H groups in total. The van der Waals surface area contributed by atoms with Crippen LogP contribution in [0.3, 0.4) is 0 Å². The highest BCUT2D eigenvalue weighted by Crippen LogP contribution is 2.22. The highest BCUT2D eigenvalue weighted by molar-refractivity contribution is 5.66. The van der Waals surface area contributed by atoms with Crippen LogP contribution in [0.2, 0.25) is 0 Å². The van der Waals surface area contributed by atoms with Crippen LogP contribution in [0, 0.1) is 6.92 Å². The molecular formula is C14H20N6. The number of aryl methyl sites for hydroxylation is 3. The second-order valence-electron chi connectivity index (χ2n) is 5.18. The normalized spacial score (nSPS) is 15.8. The lowest BCUT2D eigenvalue weighted by Crippen LogP contribution is -2.23. The molecule has 6 nitrogen and oxygen atoms in total. The van der Waals surface area contributed by atoms with Crippen molar-refractivity contribution in [2.75, 3.05) is 13.1 Å². The van der Waals surface area contributed by atoms with Gasteiger partial charge >= 0.3 is 0 Å². The van der Waals surface area contributed by atoms with E-state index in [1.165, 1.54) is 17.0 Å². The highest BCUT2D eigenvalue weighted by atomic mass is 15.4. The summed E-state index contributed by atoms with van der Waals surface area (Å²) in [5.41, 5.74) is 4.79. The summed E-state index contributed by atoms with van der Waals surface area (Å²) < 4.78 is 3.91. The Balaban J connectivity index is 1.71. The van der Waals surface area contributed by atoms with E-state index in [1.807, 2.05) is 29.5 Å². The maximum atomic E-state index is 4.24. The van der Waals surface area contributed by atoms with E-state index in [9.17, 15) is 0 Å². The molecule has 20 heavy (non-hydrogen) atoms. The van der Waals surface area contributed by atoms with Gasteiger partial charge in [0.15, 0.2) is 0 Å². The molecule has 0 saturated heterocycles. The van der Waals surface area contributed by atoms with Gasteiger partial charge in [0.2, 0.25) is 0 Å². The van der Waals surface area contributed by atoms with Crippen molar-refractivity contribution in [1.82, 2.24) is 29.7 Å². The number of nitrogens with zero attached hydrogens (tertiary/aromatic N) is 6. The maximum Gasteiger partial charge on any atom is 0.0841 e. The summed E-state index contributed by atoms with van der Waals surface area (Å²) in [6.07, 6.45) is 4.13. The van der Waals surface area contributed by atoms with E-state index < -0.39 is 0 Å². The highest BCUT2D eigenvalue weighted by Gasteiger charge is 2.20. The van der Waals surface area contributed by atoms with E-state index in [2.05, 4.69) is 39.4 Å². The van der Waals surface area contributed by atoms with Crippen molar-refractivity contribution in [2.45, 2.75) is 26.9 Å². The summed E-state index contributed by atoms with van der Waals surface area (Å²) in [6, 6.07) is 2.07. The molecule has 2 aromatic heterocycles. The van der Waals surface area contributed by atoms with Gasteiger partial charge in [0.05, 0.1) is 17.1 Å². The van der Waals surface area contributed by atoms with Gasteiger partial charge in [-0.25, -0.2) is 4.68 Å². The molecule has 0 radical (unpaired) electrons. The van der Waals surface area contributed by atoms with Crippen molar-refractivity contribution < 1.29 is 0 Å². The van der Waals surface area contributed by atoms with E-state index in [-0.39, 0.29) is 0 Å². The van der Waals surface area contributed by atoms with E-state index in [0.29, 0.717) is 0 Å². The third-order valence-corrected chi connectivity index (χ3v) is 3.84. The van der Waals surface area contributed by atoms with Crippen molar-refractivity contribution in [2.24, 2.45) is 7.05 Å². The molecule has 0 aliphatic carbocycles. The van der Waals surface area contributed by atoms with Gasteiger partial charge in [-0.2, -0.15) is 5.10 Å². The van der Waals surface area contributed by atoms with Gasteiger partial charge in [0.1, 0.15) is 0 Å². The Morgan fingerprint density at radius 3 is 2.90 bits per heavy atom. The number of rotatable bonds is 4. The third kappa shape index (κ3) is 2.27. The Bertz CT molecular complexity index is 636. The summed E-state index contributed by atoms with van der Waals surface area (Å²) in [4.78, 5) is 2.40. The van der Waals surface area contributed by atoms with Crippen LogP contribution in [0.5, 0.6) is 0 Å². The fourth-order valence-corrected chi connectivity index (χ4v) is 2.69. The second kappa shape index (κ2) is 5.20. The smallest absolute Gasteiger partial charge is 0.0841 e. The SMILES string of the molecule is CCn1nnc(C)c1CN1CC=C(c2ccnn2C)C1. The third-order valence-electron chi connectivity index (χ3n) is 3.84. The summed E-state index contributed by atoms with van der Waals surface area (Å²) in [5.74, 6) is 0. The lowest BCUT2D eigenvalue weighted by molar-refractivity contribution is 0.333. The molecule has 0 amide bonds. The summed E-state index contributed by atoms with van der Waals surface area (Å²) in [5, 5.41) is 12.6. The first kappa shape index (κ1) is 13.1. The van der Waals surface area contributed by atoms with Gasteiger partial charge in [-0.15, -0.1) is 5.10 Å². The average molecular weight is 272 g/mol. The first-order chi connectivity index (χ1) is 9.69. The van der Waals surface area contributed by atoms with Gasteiger partial charge in [-0.05, 0) is 25.5 Å². The molecule has 106 valence electrons. The summed E-state index contributed by atoms with van der Waals surface area (Å²) in [6.45, 7) is 7.81. The van der Waals surface area contributed by atoms with E-state index in [0.717, 1.165) is 31.9 Å². The molecule has 1 aliphatic heterocycles. The topological polar surface area (TPSA) is 51.8 Å². The molecular weight excluding hydrogens is 252 g/mol. The fourth-order valence-electron chi connectivity index (χ4n) is 2.69. The number of aromatic nitrogens is 5. The van der Waals surface area contributed by atoms with Crippen molar-refractivity contribution in [3.8, 4) is 0 Å². The molecule has 0 atom stereocenters. The monoisotopic (exact) mass is 272 g/mol. The Kier molecular flexibility index (Phi) is 3.40. The molecule has 0 spiro atoms. The van der Waals surface area contributed by atoms with Crippen LogP contribution in [0.4, 0.5) is 0 Å². The standard InChI is InChI=1S/C14H20N6/c1-4-20-14(11(2)16-17-20)10-19-8-6-12(9-19)13-5-7-15-18(13)3/h5-7H,4,8-10H2,1-3H3. The minimum atomic E-state index is 0.867. The van der Waals surface area contributed by atoms with Crippen LogP contribution in [-0.2, 0) is 20.1 Å². The Hall–Kier alpha value is -1.95. The first-order valence-corrected chi connectivity index (χ1v) is 6.97. The van der Waals surface area contributed by atoms with E-state index >= 15 is 0 Å². The first-order valence-electron chi connectivity index (χ1n) is 6.97. The van der Waals surface area contributed by atoms with Crippen LogP contribution in [-0.4, -0.2) is 42.8 Å². The maximum absolute atomic E-state index is 4.24. The molecule has 0 aromatic carbocycles. The zero-order valence-electron chi connectivity index (χ0n) is 12.2. The van der Waals surface area contributed by atoms with Crippen LogP contribution >= 0.6 is 0 Å². The molecule has 0 bridgehead atoms. The largest absolute Gasteiger partial charge is 0.289 e. The van der Waals surface area contributed by atoms with Gasteiger partial charge in [0.25, 0.3) is 0 Å². The van der Waals surface area contributed by atoms with Gasteiger partial charge in [-0.3, -0.25) is 9.58 Å². The van der Waals surface area contributed by atoms with Crippen LogP contribution < -0.4 is 0 Å². The van der Waals surface area contributed by atoms with Gasteiger partial charge in [-0.1, -0.05) is 11.3 Å². The zero-order valence-corrected chi connectivity index (χ0v) is 12.2. The van der Waals surface area contributed by atoms with Crippen LogP contribution in [0.1, 0.15) is 24.0 Å². The van der Waals surface area contributed by atoms with Gasteiger partial charge in [0, 0.05) is 39.4 Å². The Morgan fingerprint density at radius 2 is 2.20 bits per heavy atom. The minimum absolute atomic E-state index is 0.867. The van der Waals surface area contributed by atoms with E-state index in [1.54, 1.807) is 0 Å². The van der Waals surface area contributed by atoms with Crippen LogP contribution in [0.25, 0.3) is 5.57 Å². The molecule has 0 saturated carbocycles. The minimum Gasteiger partial charge on any atom is -0.289 e. The molecule has 0 fully saturated rings. The Morgan fingerprint density at radius 1 is 1.35 bits per heavy atom. The number of hydrogen-bond acceptors (Lipinski definition) is 4. The van der Waals surface area contributed by atoms with Crippen molar-refractivity contribution in [3.63, 3.8) is 0 Å². The zero-order chi connectivity index (χ0) is 14.1. The quantitative estimate of drug-likeness (QED) is 0.840. The van der Waals surface area contributed by atoms with Gasteiger partial charge < -0.3 is 0 Å². The van der Waals surface area contributed by atoms with E-state index in [4.69, 9.17) is 0 Å². The van der Waals surface area contributed by atoms with Crippen LogP contribution in [0.15, 0.2) is 18.3 Å². The average Bonchev–Trinajstić information content (AvgIpc) is 3.12. The fraction of sp³-hybridized carbons (Fsp3) is 0.500. The predicted molar refractivity (Wildman–Crippen MR) is 76.9 cm³/mol. The molecule has 3 rings (SSSR count). The lowest BCUT2D eigenvalue weighted by Gasteiger charge is -2.16. The van der Waals surface area contributed by atoms with Crippen molar-refractivity contribution >= 4 is 5.57 Å². The molecule has 2 aromatic rings. The Labute approximate surface area is 118 Å². The second-order valence-corrected chi connectivity index (χ2v) is 5.18. The summed E-state index contributed by atoms with van der Waals surface area (Å²) in [7, 11) is 1.99. The molecule has 0 unspecified atom stereocenters. The van der Waals surface area contributed by atoms with Crippen molar-refractivity contribution in [1.29, 1.82) is 0 Å². The van der Waals surface area contributed by atoms with Crippen molar-refractivity contribution in [3.05, 3.63) is 35.4 Å². The molecule has 6 heteroatoms.